The minimum absolute atomic E-state index is 0. The van der Waals surface area contributed by atoms with Crippen LogP contribution in [0.25, 0.3) is 0 Å². The third-order valence-electron chi connectivity index (χ3n) is 5.13. The number of guanidine groups is 1. The fraction of sp³-hybridized carbons (Fsp3) is 0.632. The van der Waals surface area contributed by atoms with E-state index in [1.807, 2.05) is 0 Å². The lowest BCUT2D eigenvalue weighted by molar-refractivity contribution is 0.0824. The van der Waals surface area contributed by atoms with Crippen LogP contribution in [0.2, 0.25) is 0 Å². The number of anilines is 1. The highest BCUT2D eigenvalue weighted by Crippen LogP contribution is 2.27. The average Bonchev–Trinajstić information content (AvgIpc) is 2.61. The molecular formula is C19H31IN4O. The summed E-state index contributed by atoms with van der Waals surface area (Å²) in [6, 6.07) is 6.43. The van der Waals surface area contributed by atoms with Gasteiger partial charge >= 0.3 is 0 Å². The van der Waals surface area contributed by atoms with E-state index in [0.717, 1.165) is 57.5 Å². The Morgan fingerprint density at radius 2 is 2.00 bits per heavy atom. The first-order valence-electron chi connectivity index (χ1n) is 9.30. The Bertz CT molecular complexity index is 571. The van der Waals surface area contributed by atoms with Crippen LogP contribution < -0.4 is 11.1 Å². The summed E-state index contributed by atoms with van der Waals surface area (Å²) >= 11 is 0. The van der Waals surface area contributed by atoms with E-state index in [1.54, 1.807) is 0 Å². The Labute approximate surface area is 168 Å². The number of aliphatic imine (C=N–C) groups is 1. The Morgan fingerprint density at radius 1 is 1.24 bits per heavy atom. The molecule has 0 unspecified atom stereocenters. The highest BCUT2D eigenvalue weighted by atomic mass is 127. The van der Waals surface area contributed by atoms with Gasteiger partial charge in [0.1, 0.15) is 0 Å². The van der Waals surface area contributed by atoms with Crippen molar-refractivity contribution in [2.75, 3.05) is 31.5 Å². The number of aliphatic hydroxyl groups is 1. The van der Waals surface area contributed by atoms with Gasteiger partial charge in [0.2, 0.25) is 0 Å². The maximum Gasteiger partial charge on any atom is 0.193 e. The van der Waals surface area contributed by atoms with Crippen molar-refractivity contribution in [2.24, 2.45) is 10.7 Å². The predicted molar refractivity (Wildman–Crippen MR) is 115 cm³/mol. The molecule has 1 aromatic rings. The van der Waals surface area contributed by atoms with Crippen LogP contribution in [0.1, 0.15) is 43.2 Å². The zero-order valence-electron chi connectivity index (χ0n) is 14.9. The lowest BCUT2D eigenvalue weighted by Gasteiger charge is -2.29. The third-order valence-corrected chi connectivity index (χ3v) is 5.13. The van der Waals surface area contributed by atoms with Crippen molar-refractivity contribution < 1.29 is 5.11 Å². The molecule has 0 saturated carbocycles. The second-order valence-corrected chi connectivity index (χ2v) is 6.97. The molecule has 1 aromatic carbocycles. The molecule has 0 atom stereocenters. The predicted octanol–water partition coefficient (Wildman–Crippen LogP) is 2.76. The number of nitrogens with one attached hydrogen (secondary N) is 1. The van der Waals surface area contributed by atoms with Gasteiger partial charge in [0, 0.05) is 25.3 Å². The third kappa shape index (κ3) is 6.11. The summed E-state index contributed by atoms with van der Waals surface area (Å²) < 4.78 is 0. The van der Waals surface area contributed by atoms with Gasteiger partial charge in [-0.15, -0.1) is 24.0 Å². The molecule has 1 aliphatic carbocycles. The van der Waals surface area contributed by atoms with Gasteiger partial charge in [-0.3, -0.25) is 4.99 Å². The number of benzene rings is 1. The Hall–Kier alpha value is -0.860. The van der Waals surface area contributed by atoms with E-state index in [2.05, 4.69) is 33.4 Å². The number of halogens is 1. The first kappa shape index (κ1) is 20.5. The molecule has 140 valence electrons. The highest BCUT2D eigenvalue weighted by molar-refractivity contribution is 14.0. The summed E-state index contributed by atoms with van der Waals surface area (Å²) in [4.78, 5) is 6.88. The SMILES string of the molecule is I.NC(=NCCCN1CCC(O)CC1)Nc1cccc2c1CCCC2. The van der Waals surface area contributed by atoms with Crippen LogP contribution in [0.15, 0.2) is 23.2 Å². The quantitative estimate of drug-likeness (QED) is 0.275. The van der Waals surface area contributed by atoms with Gasteiger partial charge in [0.25, 0.3) is 0 Å². The molecular weight excluding hydrogens is 427 g/mol. The van der Waals surface area contributed by atoms with Crippen LogP contribution >= 0.6 is 24.0 Å². The summed E-state index contributed by atoms with van der Waals surface area (Å²) in [7, 11) is 0. The van der Waals surface area contributed by atoms with E-state index < -0.39 is 0 Å². The number of hydrogen-bond acceptors (Lipinski definition) is 3. The van der Waals surface area contributed by atoms with Crippen LogP contribution in [0.5, 0.6) is 0 Å². The van der Waals surface area contributed by atoms with Crippen molar-refractivity contribution in [3.63, 3.8) is 0 Å². The van der Waals surface area contributed by atoms with Gasteiger partial charge in [-0.05, 0) is 68.7 Å². The summed E-state index contributed by atoms with van der Waals surface area (Å²) in [5.74, 6) is 0.517. The van der Waals surface area contributed by atoms with Crippen LogP contribution in [0.4, 0.5) is 5.69 Å². The van der Waals surface area contributed by atoms with E-state index in [-0.39, 0.29) is 30.1 Å². The first-order valence-corrected chi connectivity index (χ1v) is 9.30. The van der Waals surface area contributed by atoms with E-state index >= 15 is 0 Å². The van der Waals surface area contributed by atoms with Gasteiger partial charge < -0.3 is 21.1 Å². The zero-order valence-corrected chi connectivity index (χ0v) is 17.2. The lowest BCUT2D eigenvalue weighted by atomic mass is 9.90. The number of aryl methyl sites for hydroxylation is 1. The monoisotopic (exact) mass is 458 g/mol. The van der Waals surface area contributed by atoms with Crippen LogP contribution in [-0.4, -0.2) is 48.2 Å². The van der Waals surface area contributed by atoms with Crippen LogP contribution in [0, 0.1) is 0 Å². The maximum atomic E-state index is 9.52. The first-order chi connectivity index (χ1) is 11.7. The Morgan fingerprint density at radius 3 is 2.80 bits per heavy atom. The molecule has 0 radical (unpaired) electrons. The number of rotatable bonds is 5. The molecule has 2 aliphatic rings. The molecule has 25 heavy (non-hydrogen) atoms. The fourth-order valence-corrected chi connectivity index (χ4v) is 3.71. The van der Waals surface area contributed by atoms with Crippen molar-refractivity contribution in [3.05, 3.63) is 29.3 Å². The summed E-state index contributed by atoms with van der Waals surface area (Å²) in [6.45, 7) is 3.76. The van der Waals surface area contributed by atoms with Gasteiger partial charge in [-0.1, -0.05) is 12.1 Å². The number of nitrogens with zero attached hydrogens (tertiary/aromatic N) is 2. The second-order valence-electron chi connectivity index (χ2n) is 6.97. The van der Waals surface area contributed by atoms with Crippen molar-refractivity contribution in [1.29, 1.82) is 0 Å². The van der Waals surface area contributed by atoms with Crippen molar-refractivity contribution >= 4 is 35.6 Å². The van der Waals surface area contributed by atoms with E-state index in [4.69, 9.17) is 5.73 Å². The standard InChI is InChI=1S/C19H30N4O.HI/c20-19(21-11-4-12-23-13-9-16(24)10-14-23)22-18-8-3-6-15-5-1-2-7-17(15)18;/h3,6,8,16,24H,1-2,4-5,7,9-14H2,(H3,20,21,22);1H. The van der Waals surface area contributed by atoms with Crippen molar-refractivity contribution in [3.8, 4) is 0 Å². The van der Waals surface area contributed by atoms with Crippen molar-refractivity contribution in [2.45, 2.75) is 51.0 Å². The maximum absolute atomic E-state index is 9.52. The van der Waals surface area contributed by atoms with E-state index in [0.29, 0.717) is 5.96 Å². The second kappa shape index (κ2) is 10.3. The molecule has 1 aliphatic heterocycles. The summed E-state index contributed by atoms with van der Waals surface area (Å²) in [5, 5.41) is 12.8. The minimum Gasteiger partial charge on any atom is -0.393 e. The number of aliphatic hydroxyl groups excluding tert-OH is 1. The number of nitrogens with two attached hydrogens (primary N) is 1. The number of likely N-dealkylation sites (tertiary alicyclic amines) is 1. The molecule has 4 N–H and O–H groups in total. The fourth-order valence-electron chi connectivity index (χ4n) is 3.71. The molecule has 1 fully saturated rings. The molecule has 0 spiro atoms. The van der Waals surface area contributed by atoms with Gasteiger partial charge in [-0.2, -0.15) is 0 Å². The van der Waals surface area contributed by atoms with Gasteiger partial charge in [0.05, 0.1) is 6.10 Å². The molecule has 0 amide bonds. The smallest absolute Gasteiger partial charge is 0.193 e. The zero-order chi connectivity index (χ0) is 16.8. The van der Waals surface area contributed by atoms with Gasteiger partial charge in [-0.25, -0.2) is 0 Å². The molecule has 1 heterocycles. The topological polar surface area (TPSA) is 73.9 Å². The summed E-state index contributed by atoms with van der Waals surface area (Å²) in [5.41, 5.74) is 10.1. The average molecular weight is 458 g/mol. The van der Waals surface area contributed by atoms with Crippen LogP contribution in [-0.2, 0) is 12.8 Å². The Balaban J connectivity index is 0.00000225. The number of piperidine rings is 1. The summed E-state index contributed by atoms with van der Waals surface area (Å²) in [6.07, 6.45) is 7.54. The van der Waals surface area contributed by atoms with E-state index in [9.17, 15) is 5.11 Å². The Kier molecular flexibility index (Phi) is 8.45. The molecule has 6 heteroatoms. The normalized spacial score (nSPS) is 19.2. The number of fused-ring (bicyclic) bond motifs is 1. The molecule has 1 saturated heterocycles. The van der Waals surface area contributed by atoms with E-state index in [1.165, 1.54) is 30.4 Å². The number of hydrogen-bond donors (Lipinski definition) is 3. The molecule has 0 bridgehead atoms. The largest absolute Gasteiger partial charge is 0.393 e. The molecule has 5 nitrogen and oxygen atoms in total. The molecule has 0 aromatic heterocycles. The minimum atomic E-state index is -0.101. The lowest BCUT2D eigenvalue weighted by Crippen LogP contribution is -2.36. The van der Waals surface area contributed by atoms with Crippen LogP contribution in [0.3, 0.4) is 0 Å². The highest BCUT2D eigenvalue weighted by Gasteiger charge is 2.16. The van der Waals surface area contributed by atoms with Gasteiger partial charge in [0.15, 0.2) is 5.96 Å². The van der Waals surface area contributed by atoms with Crippen molar-refractivity contribution in [1.82, 2.24) is 4.90 Å². The molecule has 3 rings (SSSR count).